The fourth-order valence-corrected chi connectivity index (χ4v) is 4.62. The molecule has 0 radical (unpaired) electrons. The van der Waals surface area contributed by atoms with Gasteiger partial charge in [0, 0.05) is 24.2 Å². The van der Waals surface area contributed by atoms with Gasteiger partial charge in [-0.25, -0.2) is 9.97 Å². The average molecular weight is 403 g/mol. The first-order valence-corrected chi connectivity index (χ1v) is 10.2. The highest BCUT2D eigenvalue weighted by atomic mass is 35.5. The molecule has 4 rings (SSSR count). The van der Waals surface area contributed by atoms with E-state index in [1.54, 1.807) is 18.0 Å². The molecule has 4 heterocycles. The summed E-state index contributed by atoms with van der Waals surface area (Å²) >= 11 is 7.88. The number of halogens is 1. The van der Waals surface area contributed by atoms with E-state index in [0.29, 0.717) is 16.3 Å². The molecule has 1 fully saturated rings. The van der Waals surface area contributed by atoms with Crippen LogP contribution in [0, 0.1) is 12.3 Å². The first-order valence-electron chi connectivity index (χ1n) is 9.02. The number of hydrogen-bond donors (Lipinski definition) is 2. The van der Waals surface area contributed by atoms with Crippen molar-refractivity contribution in [1.29, 1.82) is 0 Å². The minimum absolute atomic E-state index is 0.334. The van der Waals surface area contributed by atoms with Crippen molar-refractivity contribution < 1.29 is 0 Å². The predicted octanol–water partition coefficient (Wildman–Crippen LogP) is 4.67. The molecule has 0 unspecified atom stereocenters. The van der Waals surface area contributed by atoms with Crippen LogP contribution in [0.4, 0.5) is 11.6 Å². The number of nitrogens with one attached hydrogen (secondary N) is 1. The topological polar surface area (TPSA) is 83.7 Å². The van der Waals surface area contributed by atoms with Crippen LogP contribution in [0.2, 0.25) is 5.02 Å². The molecule has 0 bridgehead atoms. The molecule has 3 N–H and O–H groups in total. The molecular weight excluding hydrogens is 380 g/mol. The highest BCUT2D eigenvalue weighted by molar-refractivity contribution is 7.99. The molecule has 3 aromatic rings. The maximum atomic E-state index is 6.34. The molecule has 0 atom stereocenters. The van der Waals surface area contributed by atoms with Crippen LogP contribution in [-0.4, -0.2) is 33.3 Å². The van der Waals surface area contributed by atoms with E-state index in [2.05, 4.69) is 33.9 Å². The van der Waals surface area contributed by atoms with Gasteiger partial charge in [-0.1, -0.05) is 37.2 Å². The first kappa shape index (κ1) is 18.4. The van der Waals surface area contributed by atoms with E-state index < -0.39 is 0 Å². The number of piperidine rings is 1. The van der Waals surface area contributed by atoms with E-state index in [4.69, 9.17) is 22.3 Å². The van der Waals surface area contributed by atoms with Crippen LogP contribution in [0.25, 0.3) is 10.9 Å². The summed E-state index contributed by atoms with van der Waals surface area (Å²) in [6.07, 6.45) is 5.86. The molecule has 0 amide bonds. The van der Waals surface area contributed by atoms with E-state index in [-0.39, 0.29) is 0 Å². The lowest BCUT2D eigenvalue weighted by Crippen LogP contribution is -2.37. The molecule has 27 heavy (non-hydrogen) atoms. The van der Waals surface area contributed by atoms with Crippen LogP contribution < -0.4 is 10.6 Å². The fraction of sp³-hybridized carbons (Fsp3) is 0.421. The van der Waals surface area contributed by atoms with Crippen molar-refractivity contribution in [3.8, 4) is 0 Å². The average Bonchev–Trinajstić information content (AvgIpc) is 3.10. The normalized spacial score (nSPS) is 16.8. The number of pyridine rings is 2. The molecule has 142 valence electrons. The number of aromatic nitrogens is 4. The van der Waals surface area contributed by atoms with E-state index in [1.807, 2.05) is 19.2 Å². The zero-order chi connectivity index (χ0) is 19.2. The highest BCUT2D eigenvalue weighted by Crippen LogP contribution is 2.42. The van der Waals surface area contributed by atoms with Crippen LogP contribution in [0.15, 0.2) is 28.3 Å². The third-order valence-corrected chi connectivity index (χ3v) is 6.99. The SMILES string of the molecule is Cc1nc(N2CCC(C)(C)CC2)c2cn[nH]c2c1Sc1ccnc(N)c1Cl. The second-order valence-corrected chi connectivity index (χ2v) is 9.20. The molecule has 0 aliphatic carbocycles. The van der Waals surface area contributed by atoms with Crippen LogP contribution in [0.5, 0.6) is 0 Å². The Bertz CT molecular complexity index is 989. The minimum Gasteiger partial charge on any atom is -0.382 e. The predicted molar refractivity (Wildman–Crippen MR) is 112 cm³/mol. The Morgan fingerprint density at radius 3 is 2.78 bits per heavy atom. The highest BCUT2D eigenvalue weighted by Gasteiger charge is 2.28. The van der Waals surface area contributed by atoms with Crippen molar-refractivity contribution in [3.05, 3.63) is 29.2 Å². The van der Waals surface area contributed by atoms with Gasteiger partial charge >= 0.3 is 0 Å². The molecule has 3 aromatic heterocycles. The maximum Gasteiger partial charge on any atom is 0.143 e. The summed E-state index contributed by atoms with van der Waals surface area (Å²) in [6, 6.07) is 1.87. The van der Waals surface area contributed by atoms with Crippen LogP contribution >= 0.6 is 23.4 Å². The summed E-state index contributed by atoms with van der Waals surface area (Å²) in [5.74, 6) is 1.34. The molecule has 8 heteroatoms. The van der Waals surface area contributed by atoms with Crippen molar-refractivity contribution in [1.82, 2.24) is 20.2 Å². The zero-order valence-electron chi connectivity index (χ0n) is 15.7. The van der Waals surface area contributed by atoms with E-state index in [1.165, 1.54) is 0 Å². The molecule has 1 aliphatic rings. The Kier molecular flexibility index (Phi) is 4.68. The van der Waals surface area contributed by atoms with Gasteiger partial charge in [-0.3, -0.25) is 5.10 Å². The Morgan fingerprint density at radius 2 is 2.04 bits per heavy atom. The molecule has 0 aromatic carbocycles. The van der Waals surface area contributed by atoms with Crippen LogP contribution in [0.1, 0.15) is 32.4 Å². The van der Waals surface area contributed by atoms with Gasteiger partial charge in [-0.05, 0) is 31.2 Å². The molecule has 0 spiro atoms. The molecule has 6 nitrogen and oxygen atoms in total. The fourth-order valence-electron chi connectivity index (χ4n) is 3.40. The Morgan fingerprint density at radius 1 is 1.30 bits per heavy atom. The third-order valence-electron chi connectivity index (χ3n) is 5.22. The third kappa shape index (κ3) is 3.46. The monoisotopic (exact) mass is 402 g/mol. The Labute approximate surface area is 167 Å². The van der Waals surface area contributed by atoms with Gasteiger partial charge in [0.1, 0.15) is 11.6 Å². The Hall–Kier alpha value is -1.99. The van der Waals surface area contributed by atoms with Crippen molar-refractivity contribution in [3.63, 3.8) is 0 Å². The number of hydrogen-bond acceptors (Lipinski definition) is 6. The first-order chi connectivity index (χ1) is 12.9. The lowest BCUT2D eigenvalue weighted by atomic mass is 9.82. The summed E-state index contributed by atoms with van der Waals surface area (Å²) in [7, 11) is 0. The lowest BCUT2D eigenvalue weighted by Gasteiger charge is -2.38. The van der Waals surface area contributed by atoms with Gasteiger partial charge in [0.05, 0.1) is 32.7 Å². The number of nitrogen functional groups attached to an aromatic ring is 1. The van der Waals surface area contributed by atoms with Gasteiger partial charge in [0.25, 0.3) is 0 Å². The number of nitrogens with zero attached hydrogens (tertiary/aromatic N) is 4. The van der Waals surface area contributed by atoms with Crippen LogP contribution in [0.3, 0.4) is 0 Å². The summed E-state index contributed by atoms with van der Waals surface area (Å²) in [5, 5.41) is 8.96. The smallest absolute Gasteiger partial charge is 0.143 e. The minimum atomic E-state index is 0.334. The molecule has 0 saturated carbocycles. The summed E-state index contributed by atoms with van der Waals surface area (Å²) in [5.41, 5.74) is 8.18. The maximum absolute atomic E-state index is 6.34. The standard InChI is InChI=1S/C19H23ClN6S/c1-11-16(27-13-4-7-22-17(21)14(13)20)15-12(10-23-25-15)18(24-11)26-8-5-19(2,3)6-9-26/h4,7,10H,5-6,8-9H2,1-3H3,(H2,21,22)(H,23,25). The van der Waals surface area contributed by atoms with E-state index >= 15 is 0 Å². The van der Waals surface area contributed by atoms with Gasteiger partial charge in [-0.15, -0.1) is 0 Å². The number of aromatic amines is 1. The summed E-state index contributed by atoms with van der Waals surface area (Å²) in [4.78, 5) is 13.2. The summed E-state index contributed by atoms with van der Waals surface area (Å²) in [6.45, 7) is 8.72. The second kappa shape index (κ2) is 6.87. The molecule has 1 aliphatic heterocycles. The summed E-state index contributed by atoms with van der Waals surface area (Å²) < 4.78 is 0. The van der Waals surface area contributed by atoms with Crippen molar-refractivity contribution >= 4 is 45.9 Å². The van der Waals surface area contributed by atoms with Crippen molar-refractivity contribution in [2.24, 2.45) is 5.41 Å². The lowest BCUT2D eigenvalue weighted by molar-refractivity contribution is 0.279. The van der Waals surface area contributed by atoms with E-state index in [9.17, 15) is 0 Å². The number of aryl methyl sites for hydroxylation is 1. The van der Waals surface area contributed by atoms with Gasteiger partial charge < -0.3 is 10.6 Å². The molecular formula is C19H23ClN6S. The number of nitrogens with two attached hydrogens (primary N) is 1. The van der Waals surface area contributed by atoms with Crippen molar-refractivity contribution in [2.45, 2.75) is 43.4 Å². The second-order valence-electron chi connectivity index (χ2n) is 7.77. The molecule has 1 saturated heterocycles. The quantitative estimate of drug-likeness (QED) is 0.662. The van der Waals surface area contributed by atoms with Gasteiger partial charge in [0.15, 0.2) is 0 Å². The van der Waals surface area contributed by atoms with Gasteiger partial charge in [-0.2, -0.15) is 5.10 Å². The van der Waals surface area contributed by atoms with Crippen LogP contribution in [-0.2, 0) is 0 Å². The largest absolute Gasteiger partial charge is 0.382 e. The number of fused-ring (bicyclic) bond motifs is 1. The Balaban J connectivity index is 1.73. The zero-order valence-corrected chi connectivity index (χ0v) is 17.3. The number of H-pyrrole nitrogens is 1. The van der Waals surface area contributed by atoms with Gasteiger partial charge in [0.2, 0.25) is 0 Å². The number of anilines is 2. The van der Waals surface area contributed by atoms with Crippen molar-refractivity contribution in [2.75, 3.05) is 23.7 Å². The number of rotatable bonds is 3. The van der Waals surface area contributed by atoms with E-state index in [0.717, 1.165) is 58.1 Å².